The predicted molar refractivity (Wildman–Crippen MR) is 156 cm³/mol. The molecule has 0 saturated heterocycles. The van der Waals surface area contributed by atoms with Crippen molar-refractivity contribution < 1.29 is 24.3 Å². The van der Waals surface area contributed by atoms with E-state index in [1.165, 1.54) is 0 Å². The molecule has 0 aliphatic rings. The summed E-state index contributed by atoms with van der Waals surface area (Å²) in [4.78, 5) is 54.2. The van der Waals surface area contributed by atoms with Crippen molar-refractivity contribution in [3.63, 3.8) is 0 Å². The number of guanidine groups is 1. The Labute approximate surface area is 238 Å². The molecule has 1 aromatic carbocycles. The topological polar surface area (TPSA) is 228 Å². The molecule has 1 aromatic heterocycles. The van der Waals surface area contributed by atoms with Crippen molar-refractivity contribution in [2.24, 2.45) is 17.4 Å². The van der Waals surface area contributed by atoms with Crippen molar-refractivity contribution in [1.29, 1.82) is 5.41 Å². The van der Waals surface area contributed by atoms with E-state index in [9.17, 15) is 24.3 Å². The van der Waals surface area contributed by atoms with Crippen molar-refractivity contribution in [2.45, 2.75) is 63.7 Å². The summed E-state index contributed by atoms with van der Waals surface area (Å²) in [5, 5.41) is 28.1. The number of thiol groups is 1. The summed E-state index contributed by atoms with van der Waals surface area (Å²) >= 11 is 4.20. The van der Waals surface area contributed by atoms with E-state index in [1.54, 1.807) is 6.20 Å². The zero-order chi connectivity index (χ0) is 29.8. The van der Waals surface area contributed by atoms with Crippen LogP contribution >= 0.6 is 12.6 Å². The Morgan fingerprint density at radius 3 is 2.30 bits per heavy atom. The number of rotatable bonds is 16. The predicted octanol–water partition coefficient (Wildman–Crippen LogP) is -0.184. The number of carboxylic acid groups (broad SMARTS) is 1. The molecule has 13 nitrogen and oxygen atoms in total. The lowest BCUT2D eigenvalue weighted by Crippen LogP contribution is -2.58. The highest BCUT2D eigenvalue weighted by molar-refractivity contribution is 7.80. The molecule has 1 heterocycles. The third kappa shape index (κ3) is 9.45. The van der Waals surface area contributed by atoms with Crippen LogP contribution < -0.4 is 32.7 Å². The van der Waals surface area contributed by atoms with E-state index in [0.717, 1.165) is 16.5 Å². The quantitative estimate of drug-likeness (QED) is 0.0556. The molecule has 0 aliphatic heterocycles. The summed E-state index contributed by atoms with van der Waals surface area (Å²) in [6.07, 6.45) is 2.84. The van der Waals surface area contributed by atoms with Crippen LogP contribution in [0, 0.1) is 11.3 Å². The average Bonchev–Trinajstić information content (AvgIpc) is 3.34. The number of amides is 3. The summed E-state index contributed by atoms with van der Waals surface area (Å²) in [5.74, 6) is -3.51. The lowest BCUT2D eigenvalue weighted by atomic mass is 9.99. The van der Waals surface area contributed by atoms with Crippen LogP contribution in [0.2, 0.25) is 0 Å². The van der Waals surface area contributed by atoms with Gasteiger partial charge in [0.25, 0.3) is 0 Å². The van der Waals surface area contributed by atoms with Gasteiger partial charge in [-0.25, -0.2) is 4.79 Å². The molecule has 220 valence electrons. The van der Waals surface area contributed by atoms with Crippen LogP contribution in [0.4, 0.5) is 0 Å². The van der Waals surface area contributed by atoms with Gasteiger partial charge >= 0.3 is 5.97 Å². The van der Waals surface area contributed by atoms with Gasteiger partial charge in [0.05, 0.1) is 6.04 Å². The van der Waals surface area contributed by atoms with Gasteiger partial charge in [-0.1, -0.05) is 38.5 Å². The number of benzene rings is 1. The second kappa shape index (κ2) is 15.7. The number of para-hydroxylation sites is 1. The van der Waals surface area contributed by atoms with Gasteiger partial charge in [-0.05, 0) is 30.4 Å². The molecule has 5 atom stereocenters. The molecular weight excluding hydrogens is 536 g/mol. The Bertz CT molecular complexity index is 1190. The van der Waals surface area contributed by atoms with E-state index in [-0.39, 0.29) is 37.0 Å². The van der Waals surface area contributed by atoms with E-state index in [0.29, 0.717) is 12.8 Å². The largest absolute Gasteiger partial charge is 0.480 e. The normalized spacial score (nSPS) is 14.8. The zero-order valence-corrected chi connectivity index (χ0v) is 23.6. The lowest BCUT2D eigenvalue weighted by Gasteiger charge is -2.25. The maximum Gasteiger partial charge on any atom is 0.326 e. The first kappa shape index (κ1) is 32.4. The minimum Gasteiger partial charge on any atom is -0.480 e. The van der Waals surface area contributed by atoms with Crippen LogP contribution in [0.15, 0.2) is 30.5 Å². The van der Waals surface area contributed by atoms with Crippen molar-refractivity contribution in [2.75, 3.05) is 12.3 Å². The highest BCUT2D eigenvalue weighted by atomic mass is 32.1. The number of aromatic nitrogens is 1. The summed E-state index contributed by atoms with van der Waals surface area (Å²) in [5.41, 5.74) is 12.8. The van der Waals surface area contributed by atoms with Crippen molar-refractivity contribution in [3.8, 4) is 0 Å². The van der Waals surface area contributed by atoms with Gasteiger partial charge in [-0.2, -0.15) is 12.6 Å². The van der Waals surface area contributed by atoms with Gasteiger partial charge in [-0.15, -0.1) is 0 Å². The number of nitrogens with one attached hydrogen (secondary N) is 6. The molecule has 3 amide bonds. The van der Waals surface area contributed by atoms with Crippen LogP contribution in [0.3, 0.4) is 0 Å². The Balaban J connectivity index is 2.23. The number of H-pyrrole nitrogens is 1. The van der Waals surface area contributed by atoms with Gasteiger partial charge in [0, 0.05) is 35.8 Å². The number of aliphatic carboxylic acids is 1. The van der Waals surface area contributed by atoms with E-state index in [1.807, 2.05) is 38.1 Å². The van der Waals surface area contributed by atoms with Crippen molar-refractivity contribution >= 4 is 53.2 Å². The second-order valence-corrected chi connectivity index (χ2v) is 10.0. The van der Waals surface area contributed by atoms with E-state index >= 15 is 0 Å². The Kier molecular flexibility index (Phi) is 12.7. The second-order valence-electron chi connectivity index (χ2n) is 9.66. The Morgan fingerprint density at radius 1 is 1.05 bits per heavy atom. The first-order chi connectivity index (χ1) is 19.0. The fourth-order valence-electron chi connectivity index (χ4n) is 4.04. The zero-order valence-electron chi connectivity index (χ0n) is 22.7. The van der Waals surface area contributed by atoms with Crippen LogP contribution in [-0.2, 0) is 25.6 Å². The van der Waals surface area contributed by atoms with Crippen LogP contribution in [0.1, 0.15) is 38.7 Å². The van der Waals surface area contributed by atoms with Crippen LogP contribution in [0.5, 0.6) is 0 Å². The average molecular weight is 577 g/mol. The first-order valence-electron chi connectivity index (χ1n) is 13.1. The molecule has 0 spiro atoms. The third-order valence-corrected chi connectivity index (χ3v) is 7.07. The molecule has 2 rings (SSSR count). The molecule has 0 aliphatic carbocycles. The third-order valence-electron chi connectivity index (χ3n) is 6.71. The molecule has 0 unspecified atom stereocenters. The summed E-state index contributed by atoms with van der Waals surface area (Å²) < 4.78 is 0. The minimum atomic E-state index is -1.24. The van der Waals surface area contributed by atoms with E-state index < -0.39 is 47.9 Å². The number of carbonyl (C=O) groups excluding carboxylic acids is 3. The monoisotopic (exact) mass is 576 g/mol. The molecular formula is C26H40N8O5S. The summed E-state index contributed by atoms with van der Waals surface area (Å²) in [6.45, 7) is 3.99. The maximum atomic E-state index is 13.4. The van der Waals surface area contributed by atoms with Crippen molar-refractivity contribution in [3.05, 3.63) is 36.0 Å². The number of nitrogens with two attached hydrogens (primary N) is 2. The number of carbonyl (C=O) groups is 4. The Morgan fingerprint density at radius 2 is 1.68 bits per heavy atom. The SMILES string of the molecule is CC[C@H](C)[C@H](N)C(=O)N[C@@H](CS)C(=O)N[C@@H](Cc1c[nH]c2ccccc12)C(=O)N[C@@H](CCCNC(=N)N)C(=O)O. The Hall–Kier alpha value is -3.78. The number of hydrogen-bond donors (Lipinski definition) is 10. The molecule has 0 radical (unpaired) electrons. The van der Waals surface area contributed by atoms with Crippen LogP contribution in [0.25, 0.3) is 10.9 Å². The van der Waals surface area contributed by atoms with E-state index in [2.05, 4.69) is 38.9 Å². The fourth-order valence-corrected chi connectivity index (χ4v) is 4.29. The number of fused-ring (bicyclic) bond motifs is 1. The van der Waals surface area contributed by atoms with Crippen LogP contribution in [-0.4, -0.2) is 76.2 Å². The molecule has 0 saturated carbocycles. The maximum absolute atomic E-state index is 13.4. The molecule has 40 heavy (non-hydrogen) atoms. The van der Waals surface area contributed by atoms with Gasteiger partial charge in [0.15, 0.2) is 5.96 Å². The smallest absolute Gasteiger partial charge is 0.326 e. The number of aromatic amines is 1. The first-order valence-corrected chi connectivity index (χ1v) is 13.7. The van der Waals surface area contributed by atoms with Crippen molar-refractivity contribution in [1.82, 2.24) is 26.3 Å². The molecule has 14 heteroatoms. The minimum absolute atomic E-state index is 0.0485. The van der Waals surface area contributed by atoms with Gasteiger partial charge in [0.2, 0.25) is 17.7 Å². The van der Waals surface area contributed by atoms with E-state index in [4.69, 9.17) is 16.9 Å². The number of hydrogen-bond acceptors (Lipinski definition) is 7. The summed E-state index contributed by atoms with van der Waals surface area (Å²) in [6, 6.07) is 3.15. The molecule has 11 N–H and O–H groups in total. The molecule has 0 fully saturated rings. The lowest BCUT2D eigenvalue weighted by molar-refractivity contribution is -0.142. The number of carboxylic acids is 1. The van der Waals surface area contributed by atoms with Gasteiger partial charge in [0.1, 0.15) is 18.1 Å². The fraction of sp³-hybridized carbons (Fsp3) is 0.500. The van der Waals surface area contributed by atoms with Gasteiger partial charge < -0.3 is 42.8 Å². The molecule has 2 aromatic rings. The highest BCUT2D eigenvalue weighted by Crippen LogP contribution is 2.19. The van der Waals surface area contributed by atoms with Gasteiger partial charge in [-0.3, -0.25) is 19.8 Å². The standard InChI is InChI=1S/C26H40N8O5S/c1-3-14(2)21(27)24(37)34-20(13-40)23(36)33-19(11-15-12-31-17-8-5-4-7-16(15)17)22(35)32-18(25(38)39)9-6-10-30-26(28)29/h4-5,7-8,12,14,18-21,31,40H,3,6,9-11,13,27H2,1-2H3,(H,32,35)(H,33,36)(H,34,37)(H,38,39)(H4,28,29,30)/t14-,18-,19-,20-,21-/m0/s1. The highest BCUT2D eigenvalue weighted by Gasteiger charge is 2.31. The molecule has 0 bridgehead atoms. The summed E-state index contributed by atoms with van der Waals surface area (Å²) in [7, 11) is 0.